The summed E-state index contributed by atoms with van der Waals surface area (Å²) in [5.74, 6) is 2.73. The van der Waals surface area contributed by atoms with Gasteiger partial charge in [0.05, 0.1) is 11.7 Å². The van der Waals surface area contributed by atoms with Gasteiger partial charge in [0.1, 0.15) is 0 Å². The minimum atomic E-state index is -0.555. The molecule has 4 aliphatic carbocycles. The van der Waals surface area contributed by atoms with Crippen LogP contribution >= 0.6 is 0 Å². The summed E-state index contributed by atoms with van der Waals surface area (Å²) in [7, 11) is 0. The molecule has 0 aromatic rings. The maximum Gasteiger partial charge on any atom is 0.0653 e. The van der Waals surface area contributed by atoms with E-state index in [0.717, 1.165) is 56.3 Å². The molecule has 8 atom stereocenters. The molecule has 0 heterocycles. The van der Waals surface area contributed by atoms with Gasteiger partial charge >= 0.3 is 0 Å². The molecule has 0 aliphatic heterocycles. The van der Waals surface area contributed by atoms with Gasteiger partial charge in [0.25, 0.3) is 0 Å². The van der Waals surface area contributed by atoms with Gasteiger partial charge in [-0.05, 0) is 119 Å². The molecule has 0 aromatic heterocycles. The van der Waals surface area contributed by atoms with Crippen LogP contribution in [0.15, 0.2) is 23.8 Å². The van der Waals surface area contributed by atoms with E-state index < -0.39 is 5.60 Å². The van der Waals surface area contributed by atoms with Crippen molar-refractivity contribution in [2.45, 2.75) is 110 Å². The number of aliphatic hydroxyl groups is 2. The molecule has 3 unspecified atom stereocenters. The predicted molar refractivity (Wildman–Crippen MR) is 120 cm³/mol. The maximum absolute atomic E-state index is 11.5. The Kier molecular flexibility index (Phi) is 5.61. The van der Waals surface area contributed by atoms with Crippen LogP contribution in [0.3, 0.4) is 0 Å². The quantitative estimate of drug-likeness (QED) is 0.522. The van der Waals surface area contributed by atoms with Gasteiger partial charge in [-0.1, -0.05) is 31.1 Å². The average molecular weight is 401 g/mol. The molecule has 3 saturated carbocycles. The van der Waals surface area contributed by atoms with E-state index in [9.17, 15) is 10.2 Å². The lowest BCUT2D eigenvalue weighted by Crippen LogP contribution is -2.53. The van der Waals surface area contributed by atoms with Crippen LogP contribution in [0.4, 0.5) is 0 Å². The Morgan fingerprint density at radius 3 is 2.66 bits per heavy atom. The number of rotatable bonds is 5. The SMILES string of the molecule is C=C(C)CCC[C@](C)(O)[C@@H]1CCC2C3CC=C4C[C@@H](O)CC[C@]4(C)C3CC[C@@]21C. The van der Waals surface area contributed by atoms with E-state index in [4.69, 9.17) is 0 Å². The Bertz CT molecular complexity index is 676. The van der Waals surface area contributed by atoms with Gasteiger partial charge in [0, 0.05) is 0 Å². The van der Waals surface area contributed by atoms with Crippen molar-refractivity contribution in [3.63, 3.8) is 0 Å². The molecule has 164 valence electrons. The van der Waals surface area contributed by atoms with Gasteiger partial charge < -0.3 is 10.2 Å². The largest absolute Gasteiger partial charge is 0.393 e. The van der Waals surface area contributed by atoms with Crippen molar-refractivity contribution < 1.29 is 10.2 Å². The highest BCUT2D eigenvalue weighted by Crippen LogP contribution is 2.67. The number of allylic oxidation sites excluding steroid dienone is 2. The molecule has 0 spiro atoms. The van der Waals surface area contributed by atoms with Crippen molar-refractivity contribution in [1.82, 2.24) is 0 Å². The first-order valence-electron chi connectivity index (χ1n) is 12.3. The lowest BCUT2D eigenvalue weighted by atomic mass is 9.46. The lowest BCUT2D eigenvalue weighted by Gasteiger charge is -2.59. The summed E-state index contributed by atoms with van der Waals surface area (Å²) >= 11 is 0. The van der Waals surface area contributed by atoms with E-state index in [1.165, 1.54) is 37.7 Å². The van der Waals surface area contributed by atoms with Crippen molar-refractivity contribution in [3.8, 4) is 0 Å². The molecule has 29 heavy (non-hydrogen) atoms. The molecule has 4 rings (SSSR count). The third kappa shape index (κ3) is 3.57. The number of hydrogen-bond acceptors (Lipinski definition) is 2. The lowest BCUT2D eigenvalue weighted by molar-refractivity contribution is -0.105. The Hall–Kier alpha value is -0.600. The van der Waals surface area contributed by atoms with Gasteiger partial charge in [0.2, 0.25) is 0 Å². The Labute approximate surface area is 178 Å². The highest BCUT2D eigenvalue weighted by Gasteiger charge is 2.61. The molecule has 0 bridgehead atoms. The highest BCUT2D eigenvalue weighted by molar-refractivity contribution is 5.25. The zero-order valence-electron chi connectivity index (χ0n) is 19.3. The van der Waals surface area contributed by atoms with Crippen LogP contribution in [0, 0.1) is 34.5 Å². The number of hydrogen-bond donors (Lipinski definition) is 2. The van der Waals surface area contributed by atoms with Crippen LogP contribution in [-0.4, -0.2) is 21.9 Å². The Balaban J connectivity index is 1.53. The van der Waals surface area contributed by atoms with E-state index in [0.29, 0.717) is 11.3 Å². The molecule has 0 amide bonds. The van der Waals surface area contributed by atoms with Crippen molar-refractivity contribution in [1.29, 1.82) is 0 Å². The second kappa shape index (κ2) is 7.52. The first kappa shape index (κ1) is 21.6. The Morgan fingerprint density at radius 1 is 1.17 bits per heavy atom. The van der Waals surface area contributed by atoms with E-state index in [1.54, 1.807) is 5.57 Å². The summed E-state index contributed by atoms with van der Waals surface area (Å²) in [6, 6.07) is 0. The van der Waals surface area contributed by atoms with E-state index in [2.05, 4.69) is 40.3 Å². The van der Waals surface area contributed by atoms with Crippen LogP contribution in [0.1, 0.15) is 98.3 Å². The van der Waals surface area contributed by atoms with Crippen LogP contribution < -0.4 is 0 Å². The van der Waals surface area contributed by atoms with E-state index in [-0.39, 0.29) is 11.5 Å². The monoisotopic (exact) mass is 400 g/mol. The minimum absolute atomic E-state index is 0.120. The van der Waals surface area contributed by atoms with Crippen LogP contribution in [0.25, 0.3) is 0 Å². The van der Waals surface area contributed by atoms with Gasteiger partial charge in [0.15, 0.2) is 0 Å². The van der Waals surface area contributed by atoms with E-state index >= 15 is 0 Å². The minimum Gasteiger partial charge on any atom is -0.393 e. The summed E-state index contributed by atoms with van der Waals surface area (Å²) in [6.45, 7) is 13.3. The Morgan fingerprint density at radius 2 is 1.93 bits per heavy atom. The number of fused-ring (bicyclic) bond motifs is 5. The average Bonchev–Trinajstić information content (AvgIpc) is 3.00. The maximum atomic E-state index is 11.5. The van der Waals surface area contributed by atoms with Gasteiger partial charge in [-0.3, -0.25) is 0 Å². The smallest absolute Gasteiger partial charge is 0.0653 e. The molecule has 3 fully saturated rings. The van der Waals surface area contributed by atoms with Crippen molar-refractivity contribution in [3.05, 3.63) is 23.8 Å². The second-order valence-electron chi connectivity index (χ2n) is 12.0. The molecule has 4 aliphatic rings. The summed E-state index contributed by atoms with van der Waals surface area (Å²) in [5, 5.41) is 21.7. The molecule has 2 N–H and O–H groups in total. The highest BCUT2D eigenvalue weighted by atomic mass is 16.3. The molecule has 0 radical (unpaired) electrons. The topological polar surface area (TPSA) is 40.5 Å². The van der Waals surface area contributed by atoms with Crippen LogP contribution in [0.5, 0.6) is 0 Å². The van der Waals surface area contributed by atoms with Crippen LogP contribution in [0.2, 0.25) is 0 Å². The molecular weight excluding hydrogens is 356 g/mol. The standard InChI is InChI=1S/C27H44O2/c1-18(2)7-6-14-27(5,29)24-11-10-22-21-9-8-19-17-20(28)12-15-25(19,3)23(21)13-16-26(22,24)4/h8,20-24,28-29H,1,6-7,9-17H2,2-5H3/t20-,21?,22?,23?,24+,25-,26-,27-/m0/s1. The summed E-state index contributed by atoms with van der Waals surface area (Å²) in [6.07, 6.45) is 14.7. The summed E-state index contributed by atoms with van der Waals surface area (Å²) in [4.78, 5) is 0. The van der Waals surface area contributed by atoms with Gasteiger partial charge in [-0.15, -0.1) is 6.58 Å². The fraction of sp³-hybridized carbons (Fsp3) is 0.852. The molecule has 2 nitrogen and oxygen atoms in total. The predicted octanol–water partition coefficient (Wildman–Crippen LogP) is 6.42. The fourth-order valence-electron chi connectivity index (χ4n) is 8.59. The molecule has 2 heteroatoms. The zero-order valence-corrected chi connectivity index (χ0v) is 19.3. The van der Waals surface area contributed by atoms with Gasteiger partial charge in [-0.2, -0.15) is 0 Å². The first-order chi connectivity index (χ1) is 13.6. The normalized spacial score (nSPS) is 46.1. The van der Waals surface area contributed by atoms with Gasteiger partial charge in [-0.25, -0.2) is 0 Å². The third-order valence-corrected chi connectivity index (χ3v) is 10.1. The molecule has 0 aromatic carbocycles. The first-order valence-corrected chi connectivity index (χ1v) is 12.3. The van der Waals surface area contributed by atoms with Crippen molar-refractivity contribution >= 4 is 0 Å². The molecule has 0 saturated heterocycles. The fourth-order valence-corrected chi connectivity index (χ4v) is 8.59. The zero-order chi connectivity index (χ0) is 21.0. The van der Waals surface area contributed by atoms with Crippen LogP contribution in [-0.2, 0) is 0 Å². The second-order valence-corrected chi connectivity index (χ2v) is 12.0. The summed E-state index contributed by atoms with van der Waals surface area (Å²) in [5.41, 5.74) is 2.82. The summed E-state index contributed by atoms with van der Waals surface area (Å²) < 4.78 is 0. The van der Waals surface area contributed by atoms with E-state index in [1.807, 2.05) is 0 Å². The van der Waals surface area contributed by atoms with Crippen molar-refractivity contribution in [2.24, 2.45) is 34.5 Å². The molecular formula is C27H44O2. The third-order valence-electron chi connectivity index (χ3n) is 10.1. The number of aliphatic hydroxyl groups excluding tert-OH is 1. The van der Waals surface area contributed by atoms with Crippen molar-refractivity contribution in [2.75, 3.05) is 0 Å².